The minimum absolute atomic E-state index is 0.165. The summed E-state index contributed by atoms with van der Waals surface area (Å²) in [5.74, 6) is 1.50. The Balaban J connectivity index is 1.48. The molecule has 0 unspecified atom stereocenters. The van der Waals surface area contributed by atoms with Crippen molar-refractivity contribution in [2.45, 2.75) is 50.5 Å². The van der Waals surface area contributed by atoms with Gasteiger partial charge in [0.15, 0.2) is 11.5 Å². The van der Waals surface area contributed by atoms with Gasteiger partial charge in [0.2, 0.25) is 10.0 Å². The Morgan fingerprint density at radius 1 is 1.00 bits per heavy atom. The lowest BCUT2D eigenvalue weighted by Crippen LogP contribution is -2.27. The summed E-state index contributed by atoms with van der Waals surface area (Å²) in [6, 6.07) is 10.8. The number of nitrogens with one attached hydrogen (secondary N) is 1. The highest BCUT2D eigenvalue weighted by Crippen LogP contribution is 2.22. The standard InChI is InChI=1S/C20H26N6O2S/c1-20(2,3)19-23-22-18-11-10-17(24-26(18)19)21-14-15-6-8-16(9-7-15)29(27,28)25-12-4-5-13-25/h6-11H,4-5,12-14H2,1-3H3,(H,21,24). The van der Waals surface area contributed by atoms with E-state index < -0.39 is 10.0 Å². The Hall–Kier alpha value is -2.52. The summed E-state index contributed by atoms with van der Waals surface area (Å²) in [7, 11) is -3.38. The van der Waals surface area contributed by atoms with E-state index in [2.05, 4.69) is 41.4 Å². The fourth-order valence-electron chi connectivity index (χ4n) is 3.40. The van der Waals surface area contributed by atoms with Crippen LogP contribution < -0.4 is 5.32 Å². The van der Waals surface area contributed by atoms with Gasteiger partial charge < -0.3 is 5.32 Å². The topological polar surface area (TPSA) is 92.5 Å². The van der Waals surface area contributed by atoms with E-state index >= 15 is 0 Å². The zero-order chi connectivity index (χ0) is 20.6. The zero-order valence-electron chi connectivity index (χ0n) is 17.0. The molecule has 4 rings (SSSR count). The van der Waals surface area contributed by atoms with Crippen molar-refractivity contribution in [3.05, 3.63) is 47.8 Å². The average molecular weight is 415 g/mol. The molecule has 1 aromatic carbocycles. The van der Waals surface area contributed by atoms with E-state index in [0.717, 1.165) is 24.2 Å². The number of sulfonamides is 1. The van der Waals surface area contributed by atoms with Crippen LogP contribution in [0.15, 0.2) is 41.3 Å². The molecule has 0 bridgehead atoms. The highest BCUT2D eigenvalue weighted by molar-refractivity contribution is 7.89. The van der Waals surface area contributed by atoms with Crippen LogP contribution >= 0.6 is 0 Å². The Morgan fingerprint density at radius 2 is 1.69 bits per heavy atom. The third kappa shape index (κ3) is 3.97. The molecule has 1 aliphatic heterocycles. The van der Waals surface area contributed by atoms with Crippen LogP contribution in [0.2, 0.25) is 0 Å². The van der Waals surface area contributed by atoms with E-state index in [1.54, 1.807) is 21.0 Å². The van der Waals surface area contributed by atoms with E-state index in [9.17, 15) is 8.42 Å². The second-order valence-corrected chi connectivity index (χ2v) is 10.3. The SMILES string of the molecule is CC(C)(C)c1nnc2ccc(NCc3ccc(S(=O)(=O)N4CCCC4)cc3)nn12. The summed E-state index contributed by atoms with van der Waals surface area (Å²) in [5.41, 5.74) is 1.52. The van der Waals surface area contributed by atoms with Crippen molar-refractivity contribution >= 4 is 21.5 Å². The van der Waals surface area contributed by atoms with Gasteiger partial charge in [-0.25, -0.2) is 8.42 Å². The van der Waals surface area contributed by atoms with Crippen LogP contribution in [0.4, 0.5) is 5.82 Å². The number of fused-ring (bicyclic) bond motifs is 1. The van der Waals surface area contributed by atoms with Crippen LogP contribution in [0.3, 0.4) is 0 Å². The van der Waals surface area contributed by atoms with E-state index in [-0.39, 0.29) is 5.41 Å². The molecule has 2 aromatic heterocycles. The highest BCUT2D eigenvalue weighted by Gasteiger charge is 2.27. The Labute approximate surface area is 171 Å². The van der Waals surface area contributed by atoms with Crippen LogP contribution in [0.25, 0.3) is 5.65 Å². The lowest BCUT2D eigenvalue weighted by molar-refractivity contribution is 0.477. The largest absolute Gasteiger partial charge is 0.365 e. The molecule has 8 nitrogen and oxygen atoms in total. The first kappa shape index (κ1) is 19.8. The number of nitrogens with zero attached hydrogens (tertiary/aromatic N) is 5. The molecular formula is C20H26N6O2S. The number of rotatable bonds is 5. The molecule has 1 aliphatic rings. The fourth-order valence-corrected chi connectivity index (χ4v) is 4.92. The summed E-state index contributed by atoms with van der Waals surface area (Å²) >= 11 is 0. The molecule has 0 saturated carbocycles. The quantitative estimate of drug-likeness (QED) is 0.690. The van der Waals surface area contributed by atoms with Crippen molar-refractivity contribution < 1.29 is 8.42 Å². The number of hydrogen-bond acceptors (Lipinski definition) is 6. The van der Waals surface area contributed by atoms with Crippen LogP contribution in [0.1, 0.15) is 45.0 Å². The highest BCUT2D eigenvalue weighted by atomic mass is 32.2. The molecule has 29 heavy (non-hydrogen) atoms. The molecule has 1 fully saturated rings. The lowest BCUT2D eigenvalue weighted by atomic mass is 9.96. The molecule has 1 saturated heterocycles. The second kappa shape index (κ2) is 7.38. The van der Waals surface area contributed by atoms with Crippen LogP contribution in [-0.4, -0.2) is 45.6 Å². The molecule has 1 N–H and O–H groups in total. The maximum atomic E-state index is 12.6. The van der Waals surface area contributed by atoms with Crippen molar-refractivity contribution in [1.29, 1.82) is 0 Å². The van der Waals surface area contributed by atoms with Crippen molar-refractivity contribution in [3.63, 3.8) is 0 Å². The zero-order valence-corrected chi connectivity index (χ0v) is 17.8. The van der Waals surface area contributed by atoms with Crippen LogP contribution in [0, 0.1) is 0 Å². The van der Waals surface area contributed by atoms with Gasteiger partial charge in [0.05, 0.1) is 4.90 Å². The third-order valence-corrected chi connectivity index (χ3v) is 6.95. The molecule has 9 heteroatoms. The molecule has 0 spiro atoms. The maximum Gasteiger partial charge on any atom is 0.243 e. The van der Waals surface area contributed by atoms with Gasteiger partial charge in [0, 0.05) is 25.0 Å². The van der Waals surface area contributed by atoms with Crippen LogP contribution in [0.5, 0.6) is 0 Å². The second-order valence-electron chi connectivity index (χ2n) is 8.37. The van der Waals surface area contributed by atoms with E-state index in [0.29, 0.717) is 36.0 Å². The average Bonchev–Trinajstić information content (AvgIpc) is 3.36. The summed E-state index contributed by atoms with van der Waals surface area (Å²) < 4.78 is 28.6. The number of hydrogen-bond donors (Lipinski definition) is 1. The number of anilines is 1. The van der Waals surface area contributed by atoms with Gasteiger partial charge in [0.25, 0.3) is 0 Å². The van der Waals surface area contributed by atoms with E-state index in [4.69, 9.17) is 0 Å². The van der Waals surface area contributed by atoms with Crippen molar-refractivity contribution in [2.75, 3.05) is 18.4 Å². The molecule has 0 amide bonds. The minimum Gasteiger partial charge on any atom is -0.365 e. The monoisotopic (exact) mass is 414 g/mol. The summed E-state index contributed by atoms with van der Waals surface area (Å²) in [5, 5.41) is 16.3. The molecule has 0 radical (unpaired) electrons. The van der Waals surface area contributed by atoms with Crippen molar-refractivity contribution in [1.82, 2.24) is 24.1 Å². The molecule has 154 valence electrons. The van der Waals surface area contributed by atoms with Gasteiger partial charge in [-0.2, -0.15) is 8.82 Å². The molecule has 3 heterocycles. The van der Waals surface area contributed by atoms with Gasteiger partial charge in [-0.05, 0) is 42.7 Å². The number of aromatic nitrogens is 4. The van der Waals surface area contributed by atoms with Gasteiger partial charge in [-0.1, -0.05) is 32.9 Å². The third-order valence-electron chi connectivity index (χ3n) is 5.03. The maximum absolute atomic E-state index is 12.6. The van der Waals surface area contributed by atoms with Crippen molar-refractivity contribution in [3.8, 4) is 0 Å². The Kier molecular flexibility index (Phi) is 5.04. The van der Waals surface area contributed by atoms with Gasteiger partial charge in [-0.15, -0.1) is 15.3 Å². The molecule has 0 atom stereocenters. The lowest BCUT2D eigenvalue weighted by Gasteiger charge is -2.16. The predicted octanol–water partition coefficient (Wildman–Crippen LogP) is 2.82. The first-order valence-corrected chi connectivity index (χ1v) is 11.2. The molecular weight excluding hydrogens is 388 g/mol. The predicted molar refractivity (Wildman–Crippen MR) is 111 cm³/mol. The molecule has 0 aliphatic carbocycles. The summed E-state index contributed by atoms with van der Waals surface area (Å²) in [6.07, 6.45) is 1.86. The van der Waals surface area contributed by atoms with Gasteiger partial charge >= 0.3 is 0 Å². The normalized spacial score (nSPS) is 15.8. The Bertz CT molecular complexity index is 1110. The first-order chi connectivity index (χ1) is 13.7. The Morgan fingerprint density at radius 3 is 2.34 bits per heavy atom. The molecule has 3 aromatic rings. The van der Waals surface area contributed by atoms with Crippen LogP contribution in [-0.2, 0) is 22.0 Å². The summed E-state index contributed by atoms with van der Waals surface area (Å²) in [4.78, 5) is 0.349. The minimum atomic E-state index is -3.38. The van der Waals surface area contributed by atoms with Gasteiger partial charge in [-0.3, -0.25) is 0 Å². The van der Waals surface area contributed by atoms with Gasteiger partial charge in [0.1, 0.15) is 5.82 Å². The smallest absolute Gasteiger partial charge is 0.243 e. The first-order valence-electron chi connectivity index (χ1n) is 9.81. The number of benzene rings is 1. The van der Waals surface area contributed by atoms with E-state index in [1.807, 2.05) is 24.3 Å². The van der Waals surface area contributed by atoms with Crippen molar-refractivity contribution in [2.24, 2.45) is 0 Å². The summed E-state index contributed by atoms with van der Waals surface area (Å²) in [6.45, 7) is 7.98. The fraction of sp³-hybridized carbons (Fsp3) is 0.450. The van der Waals surface area contributed by atoms with E-state index in [1.165, 1.54) is 0 Å².